The molecule has 0 aliphatic carbocycles. The van der Waals surface area contributed by atoms with Gasteiger partial charge in [0.25, 0.3) is 0 Å². The standard InChI is InChI=1S/C27H26ClNO/c1-4-18-27(3,22-16-14-21(15-17-22)20-10-6-5-7-11-20)26-25(29-19(2)28)23-12-8-9-13-24(23)30-26/h5-17,26H,2,4,18H2,1,3H3/b29-25-. The van der Waals surface area contributed by atoms with Crippen molar-refractivity contribution in [1.82, 2.24) is 0 Å². The van der Waals surface area contributed by atoms with Crippen LogP contribution in [0.3, 0.4) is 0 Å². The van der Waals surface area contributed by atoms with Gasteiger partial charge in [-0.1, -0.05) is 105 Å². The van der Waals surface area contributed by atoms with Crippen molar-refractivity contribution < 1.29 is 4.74 Å². The van der Waals surface area contributed by atoms with Gasteiger partial charge in [-0.2, -0.15) is 0 Å². The van der Waals surface area contributed by atoms with Gasteiger partial charge >= 0.3 is 0 Å². The third-order valence-corrected chi connectivity index (χ3v) is 5.98. The normalized spacial score (nSPS) is 18.5. The Labute approximate surface area is 183 Å². The van der Waals surface area contributed by atoms with E-state index in [1.54, 1.807) is 0 Å². The zero-order chi connectivity index (χ0) is 21.1. The highest BCUT2D eigenvalue weighted by Crippen LogP contribution is 2.43. The van der Waals surface area contributed by atoms with Crippen LogP contribution in [0.2, 0.25) is 0 Å². The summed E-state index contributed by atoms with van der Waals surface area (Å²) in [4.78, 5) is 4.60. The molecule has 30 heavy (non-hydrogen) atoms. The Morgan fingerprint density at radius 1 is 0.967 bits per heavy atom. The summed E-state index contributed by atoms with van der Waals surface area (Å²) in [5, 5.41) is 0.272. The highest BCUT2D eigenvalue weighted by Gasteiger charge is 2.45. The number of halogens is 1. The van der Waals surface area contributed by atoms with Crippen molar-refractivity contribution in [3.63, 3.8) is 0 Å². The number of aliphatic imine (C=N–C) groups is 1. The van der Waals surface area contributed by atoms with E-state index < -0.39 is 0 Å². The minimum absolute atomic E-state index is 0.229. The van der Waals surface area contributed by atoms with Crippen LogP contribution in [-0.2, 0) is 5.41 Å². The number of hydrogen-bond acceptors (Lipinski definition) is 2. The van der Waals surface area contributed by atoms with Gasteiger partial charge in [0.05, 0.1) is 5.71 Å². The van der Waals surface area contributed by atoms with Gasteiger partial charge in [0, 0.05) is 11.0 Å². The molecular formula is C27H26ClNO. The van der Waals surface area contributed by atoms with Gasteiger partial charge in [0.15, 0.2) is 6.10 Å². The maximum atomic E-state index is 6.48. The van der Waals surface area contributed by atoms with Crippen LogP contribution in [-0.4, -0.2) is 11.8 Å². The first-order chi connectivity index (χ1) is 14.5. The summed E-state index contributed by atoms with van der Waals surface area (Å²) in [6, 6.07) is 27.3. The second-order valence-corrected chi connectivity index (χ2v) is 8.41. The van der Waals surface area contributed by atoms with Crippen molar-refractivity contribution in [3.8, 4) is 16.9 Å². The van der Waals surface area contributed by atoms with E-state index >= 15 is 0 Å². The summed E-state index contributed by atoms with van der Waals surface area (Å²) < 4.78 is 6.48. The summed E-state index contributed by atoms with van der Waals surface area (Å²) in [7, 11) is 0. The number of benzene rings is 3. The largest absolute Gasteiger partial charge is 0.482 e. The molecule has 3 aromatic carbocycles. The molecule has 3 aromatic rings. The quantitative estimate of drug-likeness (QED) is 0.385. The second-order valence-electron chi connectivity index (χ2n) is 7.98. The topological polar surface area (TPSA) is 21.6 Å². The molecule has 2 unspecified atom stereocenters. The molecule has 0 saturated carbocycles. The van der Waals surface area contributed by atoms with E-state index in [-0.39, 0.29) is 16.7 Å². The summed E-state index contributed by atoms with van der Waals surface area (Å²) in [6.45, 7) is 8.26. The Morgan fingerprint density at radius 2 is 1.60 bits per heavy atom. The minimum Gasteiger partial charge on any atom is -0.482 e. The molecule has 0 saturated heterocycles. The second kappa shape index (κ2) is 8.49. The van der Waals surface area contributed by atoms with Crippen LogP contribution in [0.5, 0.6) is 5.75 Å². The smallest absolute Gasteiger partial charge is 0.151 e. The first kappa shape index (κ1) is 20.4. The average Bonchev–Trinajstić information content (AvgIpc) is 3.13. The van der Waals surface area contributed by atoms with Crippen molar-refractivity contribution in [2.75, 3.05) is 0 Å². The summed E-state index contributed by atoms with van der Waals surface area (Å²) in [5.41, 5.74) is 5.24. The predicted octanol–water partition coefficient (Wildman–Crippen LogP) is 7.37. The molecule has 0 bridgehead atoms. The molecule has 152 valence electrons. The average molecular weight is 416 g/mol. The number of hydrogen-bond donors (Lipinski definition) is 0. The van der Waals surface area contributed by atoms with E-state index in [4.69, 9.17) is 16.3 Å². The molecule has 2 atom stereocenters. The van der Waals surface area contributed by atoms with E-state index in [2.05, 4.69) is 73.9 Å². The van der Waals surface area contributed by atoms with E-state index in [1.807, 2.05) is 30.3 Å². The lowest BCUT2D eigenvalue weighted by Gasteiger charge is -2.35. The van der Waals surface area contributed by atoms with Gasteiger partial charge in [-0.05, 0) is 35.2 Å². The van der Waals surface area contributed by atoms with Crippen molar-refractivity contribution in [2.24, 2.45) is 4.99 Å². The molecule has 1 heterocycles. The van der Waals surface area contributed by atoms with Crippen LogP contribution in [0, 0.1) is 0 Å². The Bertz CT molecular complexity index is 1070. The molecule has 3 heteroatoms. The van der Waals surface area contributed by atoms with Crippen LogP contribution in [0.1, 0.15) is 37.8 Å². The van der Waals surface area contributed by atoms with Gasteiger partial charge in [-0.15, -0.1) is 0 Å². The molecule has 0 aromatic heterocycles. The van der Waals surface area contributed by atoms with Crippen molar-refractivity contribution in [1.29, 1.82) is 0 Å². The fourth-order valence-corrected chi connectivity index (χ4v) is 4.50. The Kier molecular flexibility index (Phi) is 5.78. The number of fused-ring (bicyclic) bond motifs is 1. The van der Waals surface area contributed by atoms with Crippen molar-refractivity contribution >= 4 is 17.3 Å². The minimum atomic E-state index is -0.256. The van der Waals surface area contributed by atoms with Crippen LogP contribution < -0.4 is 4.74 Å². The predicted molar refractivity (Wildman–Crippen MR) is 127 cm³/mol. The lowest BCUT2D eigenvalue weighted by atomic mass is 9.72. The molecule has 1 aliphatic rings. The Hall–Kier alpha value is -2.84. The number of rotatable bonds is 6. The molecule has 1 aliphatic heterocycles. The molecule has 0 fully saturated rings. The monoisotopic (exact) mass is 415 g/mol. The number of ether oxygens (including phenoxy) is 1. The van der Waals surface area contributed by atoms with Crippen LogP contribution in [0.15, 0.2) is 95.6 Å². The SMILES string of the molecule is C=C(Cl)/N=C1/c2ccccc2OC1C(C)(CCC)c1ccc(-c2ccccc2)cc1. The molecule has 2 nitrogen and oxygen atoms in total. The molecule has 4 rings (SSSR count). The lowest BCUT2D eigenvalue weighted by Crippen LogP contribution is -2.43. The van der Waals surface area contributed by atoms with Gasteiger partial charge in [0.1, 0.15) is 10.9 Å². The van der Waals surface area contributed by atoms with Gasteiger partial charge in [0.2, 0.25) is 0 Å². The maximum Gasteiger partial charge on any atom is 0.151 e. The fourth-order valence-electron chi connectivity index (χ4n) is 4.41. The van der Waals surface area contributed by atoms with E-state index in [0.29, 0.717) is 0 Å². The third-order valence-electron chi connectivity index (χ3n) is 5.90. The van der Waals surface area contributed by atoms with Crippen molar-refractivity contribution in [2.45, 2.75) is 38.2 Å². The van der Waals surface area contributed by atoms with Gasteiger partial charge in [-0.3, -0.25) is 0 Å². The molecule has 0 spiro atoms. The van der Waals surface area contributed by atoms with Crippen LogP contribution in [0.4, 0.5) is 0 Å². The highest BCUT2D eigenvalue weighted by molar-refractivity contribution is 6.30. The van der Waals surface area contributed by atoms with Crippen LogP contribution in [0.25, 0.3) is 11.1 Å². The first-order valence-electron chi connectivity index (χ1n) is 10.4. The number of para-hydroxylation sites is 1. The van der Waals surface area contributed by atoms with Gasteiger partial charge < -0.3 is 4.74 Å². The molecular weight excluding hydrogens is 390 g/mol. The maximum absolute atomic E-state index is 6.48. The van der Waals surface area contributed by atoms with Gasteiger partial charge in [-0.25, -0.2) is 4.99 Å². The summed E-state index contributed by atoms with van der Waals surface area (Å²) >= 11 is 6.11. The van der Waals surface area contributed by atoms with Crippen LogP contribution >= 0.6 is 11.6 Å². The lowest BCUT2D eigenvalue weighted by molar-refractivity contribution is 0.177. The summed E-state index contributed by atoms with van der Waals surface area (Å²) in [5.74, 6) is 0.849. The zero-order valence-corrected chi connectivity index (χ0v) is 18.2. The van der Waals surface area contributed by atoms with E-state index in [0.717, 1.165) is 29.9 Å². The summed E-state index contributed by atoms with van der Waals surface area (Å²) in [6.07, 6.45) is 1.76. The fraction of sp³-hybridized carbons (Fsp3) is 0.222. The number of nitrogens with zero attached hydrogens (tertiary/aromatic N) is 1. The first-order valence-corrected chi connectivity index (χ1v) is 10.8. The zero-order valence-electron chi connectivity index (χ0n) is 17.4. The molecule has 0 N–H and O–H groups in total. The highest BCUT2D eigenvalue weighted by atomic mass is 35.5. The molecule has 0 amide bonds. The molecule has 0 radical (unpaired) electrons. The Morgan fingerprint density at radius 3 is 2.27 bits per heavy atom. The van der Waals surface area contributed by atoms with E-state index in [9.17, 15) is 0 Å². The third kappa shape index (κ3) is 3.80. The van der Waals surface area contributed by atoms with Crippen molar-refractivity contribution in [3.05, 3.63) is 102 Å². The van der Waals surface area contributed by atoms with E-state index in [1.165, 1.54) is 16.7 Å². The Balaban J connectivity index is 1.76.